The fraction of sp³-hybridized carbons (Fsp3) is 0.308. The first kappa shape index (κ1) is 16.7. The highest BCUT2D eigenvalue weighted by molar-refractivity contribution is 8.01. The van der Waals surface area contributed by atoms with Crippen LogP contribution in [0.3, 0.4) is 0 Å². The number of hydrogen-bond donors (Lipinski definition) is 1. The number of rotatable bonds is 6. The number of nitrogens with zero attached hydrogens (tertiary/aromatic N) is 3. The molecule has 0 aliphatic carbocycles. The average Bonchev–Trinajstić information content (AvgIpc) is 2.88. The summed E-state index contributed by atoms with van der Waals surface area (Å²) in [5, 5.41) is 4.13. The van der Waals surface area contributed by atoms with E-state index in [1.54, 1.807) is 10.9 Å². The summed E-state index contributed by atoms with van der Waals surface area (Å²) in [6, 6.07) is 9.27. The van der Waals surface area contributed by atoms with Gasteiger partial charge in [0.2, 0.25) is 0 Å². The van der Waals surface area contributed by atoms with Gasteiger partial charge in [-0.25, -0.2) is 4.21 Å². The SMILES string of the molecule is CS(C)(=O)=NS(=O)(=O)NCc1ccccc1Cn1cccn1. The molecular formula is C13H18N4O3S2. The molecule has 1 N–H and O–H groups in total. The third kappa shape index (κ3) is 5.24. The molecule has 0 aliphatic heterocycles. The highest BCUT2D eigenvalue weighted by atomic mass is 32.3. The number of benzene rings is 1. The Balaban J connectivity index is 2.16. The normalized spacial score (nSPS) is 12.3. The van der Waals surface area contributed by atoms with Crippen LogP contribution in [-0.4, -0.2) is 34.9 Å². The van der Waals surface area contributed by atoms with Crippen molar-refractivity contribution in [2.24, 2.45) is 3.77 Å². The molecule has 0 saturated carbocycles. The van der Waals surface area contributed by atoms with Crippen LogP contribution in [0.1, 0.15) is 11.1 Å². The van der Waals surface area contributed by atoms with Gasteiger partial charge >= 0.3 is 10.2 Å². The molecule has 1 aromatic carbocycles. The summed E-state index contributed by atoms with van der Waals surface area (Å²) in [4.78, 5) is 0. The van der Waals surface area contributed by atoms with Gasteiger partial charge in [0.1, 0.15) is 0 Å². The Labute approximate surface area is 130 Å². The monoisotopic (exact) mass is 342 g/mol. The molecule has 120 valence electrons. The average molecular weight is 342 g/mol. The van der Waals surface area contributed by atoms with E-state index in [0.717, 1.165) is 11.1 Å². The lowest BCUT2D eigenvalue weighted by Gasteiger charge is -2.10. The van der Waals surface area contributed by atoms with Crippen LogP contribution in [0.5, 0.6) is 0 Å². The molecule has 22 heavy (non-hydrogen) atoms. The maximum Gasteiger partial charge on any atom is 0.327 e. The molecule has 0 radical (unpaired) electrons. The van der Waals surface area contributed by atoms with Crippen LogP contribution < -0.4 is 4.72 Å². The fourth-order valence-electron chi connectivity index (χ4n) is 1.88. The Morgan fingerprint density at radius 3 is 2.41 bits per heavy atom. The Bertz CT molecular complexity index is 843. The molecule has 0 atom stereocenters. The molecule has 0 fully saturated rings. The van der Waals surface area contributed by atoms with Gasteiger partial charge in [-0.2, -0.15) is 18.2 Å². The molecule has 2 rings (SSSR count). The van der Waals surface area contributed by atoms with Gasteiger partial charge in [0.25, 0.3) is 0 Å². The van der Waals surface area contributed by atoms with E-state index in [4.69, 9.17) is 0 Å². The van der Waals surface area contributed by atoms with Crippen molar-refractivity contribution in [3.63, 3.8) is 0 Å². The second-order valence-electron chi connectivity index (χ2n) is 5.02. The topological polar surface area (TPSA) is 93.4 Å². The van der Waals surface area contributed by atoms with Gasteiger partial charge < -0.3 is 0 Å². The predicted octanol–water partition coefficient (Wildman–Crippen LogP) is 0.993. The van der Waals surface area contributed by atoms with Crippen molar-refractivity contribution in [2.45, 2.75) is 13.1 Å². The Morgan fingerprint density at radius 2 is 1.82 bits per heavy atom. The zero-order chi connectivity index (χ0) is 16.2. The second kappa shape index (κ2) is 6.59. The Morgan fingerprint density at radius 1 is 1.14 bits per heavy atom. The van der Waals surface area contributed by atoms with Crippen LogP contribution in [0.25, 0.3) is 0 Å². The second-order valence-corrected chi connectivity index (χ2v) is 9.22. The first-order chi connectivity index (χ1) is 10.3. The maximum absolute atomic E-state index is 11.8. The van der Waals surface area contributed by atoms with Gasteiger partial charge in [-0.3, -0.25) is 4.68 Å². The summed E-state index contributed by atoms with van der Waals surface area (Å²) in [5.74, 6) is 0. The highest BCUT2D eigenvalue weighted by Crippen LogP contribution is 2.11. The summed E-state index contributed by atoms with van der Waals surface area (Å²) >= 11 is 0. The summed E-state index contributed by atoms with van der Waals surface area (Å²) in [6.45, 7) is 0.624. The van der Waals surface area contributed by atoms with Crippen LogP contribution in [0.2, 0.25) is 0 Å². The van der Waals surface area contributed by atoms with E-state index in [-0.39, 0.29) is 6.54 Å². The van der Waals surface area contributed by atoms with E-state index in [0.29, 0.717) is 6.54 Å². The van der Waals surface area contributed by atoms with Crippen molar-refractivity contribution >= 4 is 19.9 Å². The van der Waals surface area contributed by atoms with Gasteiger partial charge in [-0.05, 0) is 17.2 Å². The van der Waals surface area contributed by atoms with Crippen LogP contribution in [0.15, 0.2) is 46.5 Å². The highest BCUT2D eigenvalue weighted by Gasteiger charge is 2.11. The van der Waals surface area contributed by atoms with E-state index in [1.807, 2.05) is 36.5 Å². The minimum atomic E-state index is -3.94. The van der Waals surface area contributed by atoms with Crippen LogP contribution in [-0.2, 0) is 33.0 Å². The van der Waals surface area contributed by atoms with Gasteiger partial charge in [0.05, 0.1) is 16.3 Å². The molecule has 1 heterocycles. The van der Waals surface area contributed by atoms with Crippen molar-refractivity contribution in [3.8, 4) is 0 Å². The molecule has 0 saturated heterocycles. The number of nitrogens with one attached hydrogen (secondary N) is 1. The summed E-state index contributed by atoms with van der Waals surface area (Å²) < 4.78 is 42.5. The maximum atomic E-state index is 11.8. The largest absolute Gasteiger partial charge is 0.327 e. The van der Waals surface area contributed by atoms with Crippen molar-refractivity contribution in [3.05, 3.63) is 53.9 Å². The van der Waals surface area contributed by atoms with Gasteiger partial charge in [-0.1, -0.05) is 28.0 Å². The minimum absolute atomic E-state index is 0.0821. The molecule has 0 spiro atoms. The van der Waals surface area contributed by atoms with E-state index in [1.165, 1.54) is 12.5 Å². The van der Waals surface area contributed by atoms with Crippen LogP contribution in [0, 0.1) is 0 Å². The van der Waals surface area contributed by atoms with Crippen molar-refractivity contribution < 1.29 is 12.6 Å². The Kier molecular flexibility index (Phi) is 4.99. The lowest BCUT2D eigenvalue weighted by Crippen LogP contribution is -2.23. The quantitative estimate of drug-likeness (QED) is 0.847. The lowest BCUT2D eigenvalue weighted by atomic mass is 10.1. The van der Waals surface area contributed by atoms with Gasteiger partial charge in [-0.15, -0.1) is 0 Å². The van der Waals surface area contributed by atoms with E-state index < -0.39 is 19.9 Å². The number of hydrogen-bond acceptors (Lipinski definition) is 4. The van der Waals surface area contributed by atoms with Crippen LogP contribution in [0.4, 0.5) is 0 Å². The van der Waals surface area contributed by atoms with Gasteiger partial charge in [0.15, 0.2) is 0 Å². The van der Waals surface area contributed by atoms with E-state index >= 15 is 0 Å². The van der Waals surface area contributed by atoms with Crippen molar-refractivity contribution in [1.82, 2.24) is 14.5 Å². The standard InChI is InChI=1S/C13H18N4O3S2/c1-21(2,18)16-22(19,20)15-10-12-6-3-4-7-13(12)11-17-9-5-8-14-17/h3-9,15H,10-11H2,1-2H3. The molecule has 0 aliphatic rings. The van der Waals surface area contributed by atoms with Crippen molar-refractivity contribution in [2.75, 3.05) is 12.5 Å². The molecular weight excluding hydrogens is 324 g/mol. The summed E-state index contributed by atoms with van der Waals surface area (Å²) in [6.07, 6.45) is 6.07. The molecule has 1 aromatic heterocycles. The third-order valence-electron chi connectivity index (χ3n) is 2.73. The first-order valence-corrected chi connectivity index (χ1v) is 10.2. The Hall–Kier alpha value is -1.71. The molecule has 2 aromatic rings. The zero-order valence-corrected chi connectivity index (χ0v) is 14.0. The first-order valence-electron chi connectivity index (χ1n) is 6.47. The summed E-state index contributed by atoms with van der Waals surface area (Å²) in [7, 11) is -6.67. The van der Waals surface area contributed by atoms with Crippen molar-refractivity contribution in [1.29, 1.82) is 0 Å². The smallest absolute Gasteiger partial charge is 0.268 e. The van der Waals surface area contributed by atoms with E-state index in [9.17, 15) is 12.6 Å². The molecule has 0 unspecified atom stereocenters. The van der Waals surface area contributed by atoms with Crippen LogP contribution >= 0.6 is 0 Å². The predicted molar refractivity (Wildman–Crippen MR) is 85.9 cm³/mol. The molecule has 9 heteroatoms. The molecule has 0 amide bonds. The third-order valence-corrected chi connectivity index (χ3v) is 5.46. The number of aromatic nitrogens is 2. The van der Waals surface area contributed by atoms with E-state index in [2.05, 4.69) is 13.6 Å². The molecule has 7 nitrogen and oxygen atoms in total. The summed E-state index contributed by atoms with van der Waals surface area (Å²) in [5.41, 5.74) is 1.76. The molecule has 0 bridgehead atoms. The lowest BCUT2D eigenvalue weighted by molar-refractivity contribution is 0.583. The van der Waals surface area contributed by atoms with Gasteiger partial charge in [0, 0.05) is 31.4 Å². The fourth-order valence-corrected chi connectivity index (χ4v) is 4.32. The minimum Gasteiger partial charge on any atom is -0.268 e. The zero-order valence-electron chi connectivity index (χ0n) is 12.3.